The molecule has 1 unspecified atom stereocenters. The van der Waals surface area contributed by atoms with E-state index in [1.54, 1.807) is 49.4 Å². The average Bonchev–Trinajstić information content (AvgIpc) is 3.39. The van der Waals surface area contributed by atoms with Crippen LogP contribution in [0, 0.1) is 6.92 Å². The van der Waals surface area contributed by atoms with Gasteiger partial charge in [0.25, 0.3) is 5.78 Å². The minimum absolute atomic E-state index is 0.0103. The lowest BCUT2D eigenvalue weighted by Crippen LogP contribution is -2.29. The Kier molecular flexibility index (Phi) is 6.89. The molecule has 0 aliphatic carbocycles. The molecule has 2 heterocycles. The van der Waals surface area contributed by atoms with E-state index >= 15 is 0 Å². The first kappa shape index (κ1) is 24.7. The number of hydrogen-bond donors (Lipinski definition) is 2. The highest BCUT2D eigenvalue weighted by atomic mass is 32.1. The fraction of sp³-hybridized carbons (Fsp3) is 0.154. The van der Waals surface area contributed by atoms with Crippen molar-refractivity contribution in [1.82, 2.24) is 4.98 Å². The van der Waals surface area contributed by atoms with E-state index in [0.717, 1.165) is 16.2 Å². The SMILES string of the molecule is C=CCOc1ccc(/C(O)=C2/C(=O)C(=O)N(c3nc(C)c(C(=O)OC)s3)C2c2ccc(O)cc2)cc1. The van der Waals surface area contributed by atoms with Gasteiger partial charge in [0, 0.05) is 5.56 Å². The van der Waals surface area contributed by atoms with Gasteiger partial charge in [0.2, 0.25) is 0 Å². The number of rotatable bonds is 7. The molecule has 3 aromatic rings. The molecular formula is C26H22N2O7S. The van der Waals surface area contributed by atoms with Crippen molar-refractivity contribution in [2.24, 2.45) is 0 Å². The molecule has 184 valence electrons. The minimum atomic E-state index is -1.06. The number of phenols is 1. The monoisotopic (exact) mass is 506 g/mol. The van der Waals surface area contributed by atoms with Gasteiger partial charge in [0.15, 0.2) is 5.13 Å². The normalized spacial score (nSPS) is 16.7. The molecule has 1 saturated heterocycles. The van der Waals surface area contributed by atoms with Crippen molar-refractivity contribution in [1.29, 1.82) is 0 Å². The Hall–Kier alpha value is -4.44. The molecule has 0 radical (unpaired) electrons. The summed E-state index contributed by atoms with van der Waals surface area (Å²) < 4.78 is 10.2. The van der Waals surface area contributed by atoms with Crippen molar-refractivity contribution in [2.75, 3.05) is 18.6 Å². The molecule has 2 aromatic carbocycles. The predicted molar refractivity (Wildman–Crippen MR) is 133 cm³/mol. The van der Waals surface area contributed by atoms with Gasteiger partial charge in [-0.05, 0) is 48.9 Å². The van der Waals surface area contributed by atoms with E-state index in [-0.39, 0.29) is 27.1 Å². The number of anilines is 1. The number of amides is 1. The summed E-state index contributed by atoms with van der Waals surface area (Å²) in [4.78, 5) is 44.3. The first-order valence-corrected chi connectivity index (χ1v) is 11.6. The zero-order valence-electron chi connectivity index (χ0n) is 19.4. The number of esters is 1. The summed E-state index contributed by atoms with van der Waals surface area (Å²) in [6, 6.07) is 11.2. The lowest BCUT2D eigenvalue weighted by Gasteiger charge is -2.23. The van der Waals surface area contributed by atoms with E-state index in [0.29, 0.717) is 29.2 Å². The molecule has 0 bridgehead atoms. The third-order valence-electron chi connectivity index (χ3n) is 5.51. The second kappa shape index (κ2) is 10.0. The van der Waals surface area contributed by atoms with Crippen LogP contribution in [0.5, 0.6) is 11.5 Å². The highest BCUT2D eigenvalue weighted by molar-refractivity contribution is 7.17. The molecule has 0 spiro atoms. The van der Waals surface area contributed by atoms with Crippen molar-refractivity contribution in [2.45, 2.75) is 13.0 Å². The number of phenolic OH excluding ortho intramolecular Hbond substituents is 1. The summed E-state index contributed by atoms with van der Waals surface area (Å²) in [5.74, 6) is -2.30. The number of hydrogen-bond acceptors (Lipinski definition) is 9. The Balaban J connectivity index is 1.86. The molecule has 1 fully saturated rings. The molecule has 1 atom stereocenters. The summed E-state index contributed by atoms with van der Waals surface area (Å²) in [7, 11) is 1.23. The number of aliphatic hydroxyl groups excluding tert-OH is 1. The molecule has 1 aromatic heterocycles. The lowest BCUT2D eigenvalue weighted by atomic mass is 9.95. The quantitative estimate of drug-likeness (QED) is 0.161. The first-order chi connectivity index (χ1) is 17.3. The van der Waals surface area contributed by atoms with E-state index < -0.39 is 23.7 Å². The molecule has 36 heavy (non-hydrogen) atoms. The van der Waals surface area contributed by atoms with Crippen molar-refractivity contribution in [3.8, 4) is 11.5 Å². The summed E-state index contributed by atoms with van der Waals surface area (Å²) in [6.45, 7) is 5.49. The second-order valence-electron chi connectivity index (χ2n) is 7.79. The number of carbonyl (C=O) groups excluding carboxylic acids is 3. The zero-order valence-corrected chi connectivity index (χ0v) is 20.2. The van der Waals surface area contributed by atoms with Gasteiger partial charge < -0.3 is 19.7 Å². The van der Waals surface area contributed by atoms with Crippen LogP contribution in [0.1, 0.15) is 32.5 Å². The van der Waals surface area contributed by atoms with Gasteiger partial charge in [-0.3, -0.25) is 14.5 Å². The van der Waals surface area contributed by atoms with Crippen LogP contribution >= 0.6 is 11.3 Å². The van der Waals surface area contributed by atoms with E-state index in [1.807, 2.05) is 0 Å². The number of ketones is 1. The standard InChI is InChI=1S/C26H22N2O7S/c1-4-13-35-18-11-7-16(8-12-18)21(30)19-20(15-5-9-17(29)10-6-15)28(24(32)22(19)31)26-27-14(2)23(36-26)25(33)34-3/h4-12,20,29-30H,1,13H2,2-3H3/b21-19-. The van der Waals surface area contributed by atoms with Crippen molar-refractivity contribution < 1.29 is 34.1 Å². The second-order valence-corrected chi connectivity index (χ2v) is 8.76. The maximum Gasteiger partial charge on any atom is 0.350 e. The number of ether oxygens (including phenoxy) is 2. The van der Waals surface area contributed by atoms with Crippen LogP contribution in [0.25, 0.3) is 5.76 Å². The van der Waals surface area contributed by atoms with Crippen LogP contribution in [0.4, 0.5) is 5.13 Å². The molecule has 1 aliphatic heterocycles. The molecule has 2 N–H and O–H groups in total. The van der Waals surface area contributed by atoms with Gasteiger partial charge in [-0.2, -0.15) is 0 Å². The predicted octanol–water partition coefficient (Wildman–Crippen LogP) is 4.13. The highest BCUT2D eigenvalue weighted by Crippen LogP contribution is 2.44. The van der Waals surface area contributed by atoms with Crippen molar-refractivity contribution in [3.63, 3.8) is 0 Å². The first-order valence-electron chi connectivity index (χ1n) is 10.8. The Labute approximate surface area is 210 Å². The summed E-state index contributed by atoms with van der Waals surface area (Å²) in [6.07, 6.45) is 1.60. The molecule has 0 saturated carbocycles. The Morgan fingerprint density at radius 2 is 1.83 bits per heavy atom. The summed E-state index contributed by atoms with van der Waals surface area (Å²) >= 11 is 0.905. The summed E-state index contributed by atoms with van der Waals surface area (Å²) in [5, 5.41) is 21.1. The number of carbonyl (C=O) groups is 3. The van der Waals surface area contributed by atoms with E-state index in [2.05, 4.69) is 11.6 Å². The Bertz CT molecular complexity index is 1370. The maximum atomic E-state index is 13.2. The molecule has 10 heteroatoms. The Morgan fingerprint density at radius 3 is 2.44 bits per heavy atom. The summed E-state index contributed by atoms with van der Waals surface area (Å²) in [5.41, 5.74) is 0.932. The molecular weight excluding hydrogens is 484 g/mol. The van der Waals surface area contributed by atoms with Crippen LogP contribution < -0.4 is 9.64 Å². The average molecular weight is 507 g/mol. The number of methoxy groups -OCH3 is 1. The number of aryl methyl sites for hydroxylation is 1. The number of benzene rings is 2. The van der Waals surface area contributed by atoms with Crippen LogP contribution in [0.2, 0.25) is 0 Å². The Morgan fingerprint density at radius 1 is 1.17 bits per heavy atom. The largest absolute Gasteiger partial charge is 0.508 e. The highest BCUT2D eigenvalue weighted by Gasteiger charge is 2.48. The third-order valence-corrected chi connectivity index (χ3v) is 6.65. The van der Waals surface area contributed by atoms with Gasteiger partial charge >= 0.3 is 11.9 Å². The van der Waals surface area contributed by atoms with Gasteiger partial charge in [-0.15, -0.1) is 0 Å². The number of thiazole rings is 1. The number of aromatic hydroxyl groups is 1. The number of aliphatic hydroxyl groups is 1. The number of Topliss-reactive ketones (excluding diaryl/α,β-unsaturated/α-hetero) is 1. The number of aromatic nitrogens is 1. The molecule has 1 amide bonds. The van der Waals surface area contributed by atoms with E-state index in [9.17, 15) is 24.6 Å². The van der Waals surface area contributed by atoms with Crippen molar-refractivity contribution >= 4 is 39.9 Å². The van der Waals surface area contributed by atoms with Gasteiger partial charge in [0.05, 0.1) is 24.4 Å². The third kappa shape index (κ3) is 4.46. The molecule has 4 rings (SSSR count). The smallest absolute Gasteiger partial charge is 0.350 e. The maximum absolute atomic E-state index is 13.2. The topological polar surface area (TPSA) is 126 Å². The van der Waals surface area contributed by atoms with Crippen LogP contribution in [0.3, 0.4) is 0 Å². The molecule has 9 nitrogen and oxygen atoms in total. The van der Waals surface area contributed by atoms with Crippen LogP contribution in [-0.2, 0) is 14.3 Å². The van der Waals surface area contributed by atoms with Gasteiger partial charge in [-0.25, -0.2) is 9.78 Å². The fourth-order valence-corrected chi connectivity index (χ4v) is 4.80. The fourth-order valence-electron chi connectivity index (χ4n) is 3.79. The van der Waals surface area contributed by atoms with Gasteiger partial charge in [-0.1, -0.05) is 36.1 Å². The zero-order chi connectivity index (χ0) is 26.0. The van der Waals surface area contributed by atoms with Gasteiger partial charge in [0.1, 0.15) is 28.7 Å². The van der Waals surface area contributed by atoms with E-state index in [4.69, 9.17) is 9.47 Å². The lowest BCUT2D eigenvalue weighted by molar-refractivity contribution is -0.132. The van der Waals surface area contributed by atoms with Crippen molar-refractivity contribution in [3.05, 3.63) is 88.5 Å². The van der Waals surface area contributed by atoms with Crippen LogP contribution in [-0.4, -0.2) is 46.6 Å². The van der Waals surface area contributed by atoms with E-state index in [1.165, 1.54) is 19.2 Å². The van der Waals surface area contributed by atoms with Crippen LogP contribution in [0.15, 0.2) is 66.8 Å². The molecule has 1 aliphatic rings. The minimum Gasteiger partial charge on any atom is -0.508 e. The number of nitrogens with zero attached hydrogens (tertiary/aromatic N) is 2.